The van der Waals surface area contributed by atoms with Crippen LogP contribution in [-0.4, -0.2) is 19.1 Å². The maximum atomic E-state index is 13.0. The molecular weight excluding hydrogens is 297 g/mol. The van der Waals surface area contributed by atoms with E-state index in [1.54, 1.807) is 18.2 Å². The van der Waals surface area contributed by atoms with E-state index in [1.807, 2.05) is 0 Å². The summed E-state index contributed by atoms with van der Waals surface area (Å²) in [7, 11) is 0. The average molecular weight is 308 g/mol. The van der Waals surface area contributed by atoms with Gasteiger partial charge >= 0.3 is 0 Å². The minimum absolute atomic E-state index is 0.130. The fourth-order valence-electron chi connectivity index (χ4n) is 2.03. The van der Waals surface area contributed by atoms with Crippen LogP contribution < -0.4 is 14.8 Å². The number of amides is 1. The summed E-state index contributed by atoms with van der Waals surface area (Å²) >= 11 is 5.89. The summed E-state index contributed by atoms with van der Waals surface area (Å²) in [5.41, 5.74) is 0.671. The van der Waals surface area contributed by atoms with Gasteiger partial charge in [-0.2, -0.15) is 0 Å². The van der Waals surface area contributed by atoms with Crippen molar-refractivity contribution in [2.45, 2.75) is 0 Å². The number of fused-ring (bicyclic) bond motifs is 1. The van der Waals surface area contributed by atoms with Crippen molar-refractivity contribution in [3.8, 4) is 11.5 Å². The maximum Gasteiger partial charge on any atom is 0.259 e. The predicted octanol–water partition coefficient (Wildman–Crippen LogP) is 3.50. The Morgan fingerprint density at radius 1 is 1.19 bits per heavy atom. The molecule has 108 valence electrons. The molecular formula is C15H11ClFNO3. The Balaban J connectivity index is 1.89. The van der Waals surface area contributed by atoms with Gasteiger partial charge in [-0.15, -0.1) is 0 Å². The van der Waals surface area contributed by atoms with Gasteiger partial charge in [0.2, 0.25) is 0 Å². The zero-order valence-electron chi connectivity index (χ0n) is 10.9. The van der Waals surface area contributed by atoms with Gasteiger partial charge in [0.05, 0.1) is 16.3 Å². The van der Waals surface area contributed by atoms with Gasteiger partial charge < -0.3 is 14.8 Å². The Bertz CT molecular complexity index is 705. The van der Waals surface area contributed by atoms with Gasteiger partial charge in [-0.25, -0.2) is 4.39 Å². The largest absolute Gasteiger partial charge is 0.486 e. The van der Waals surface area contributed by atoms with E-state index in [9.17, 15) is 9.18 Å². The third kappa shape index (κ3) is 2.78. The van der Waals surface area contributed by atoms with Crippen molar-refractivity contribution < 1.29 is 18.7 Å². The monoisotopic (exact) mass is 307 g/mol. The Kier molecular flexibility index (Phi) is 3.66. The molecule has 0 bridgehead atoms. The molecule has 0 radical (unpaired) electrons. The number of ether oxygens (including phenoxy) is 2. The van der Waals surface area contributed by atoms with Crippen LogP contribution in [0.4, 0.5) is 10.1 Å². The Hall–Kier alpha value is -2.27. The molecule has 1 aliphatic heterocycles. The zero-order chi connectivity index (χ0) is 14.8. The summed E-state index contributed by atoms with van der Waals surface area (Å²) in [6.07, 6.45) is 0. The highest BCUT2D eigenvalue weighted by Crippen LogP contribution is 2.34. The van der Waals surface area contributed by atoms with Crippen LogP contribution >= 0.6 is 11.6 Å². The zero-order valence-corrected chi connectivity index (χ0v) is 11.6. The Morgan fingerprint density at radius 2 is 2.00 bits per heavy atom. The van der Waals surface area contributed by atoms with E-state index < -0.39 is 11.7 Å². The van der Waals surface area contributed by atoms with Crippen LogP contribution in [0.2, 0.25) is 5.02 Å². The third-order valence-electron chi connectivity index (χ3n) is 2.99. The molecule has 0 saturated carbocycles. The molecule has 21 heavy (non-hydrogen) atoms. The van der Waals surface area contributed by atoms with Crippen molar-refractivity contribution >= 4 is 23.2 Å². The second kappa shape index (κ2) is 5.61. The average Bonchev–Trinajstić information content (AvgIpc) is 2.49. The van der Waals surface area contributed by atoms with E-state index in [2.05, 4.69) is 5.32 Å². The van der Waals surface area contributed by atoms with Crippen LogP contribution in [0.5, 0.6) is 11.5 Å². The minimum Gasteiger partial charge on any atom is -0.486 e. The summed E-state index contributed by atoms with van der Waals surface area (Å²) < 4.78 is 23.9. The first kappa shape index (κ1) is 13.7. The predicted molar refractivity (Wildman–Crippen MR) is 76.8 cm³/mol. The van der Waals surface area contributed by atoms with Crippen LogP contribution in [0.1, 0.15) is 10.4 Å². The molecule has 0 atom stereocenters. The molecule has 2 aromatic rings. The summed E-state index contributed by atoms with van der Waals surface area (Å²) in [5.74, 6) is 0.0660. The first-order valence-corrected chi connectivity index (χ1v) is 6.68. The molecule has 0 spiro atoms. The molecule has 0 unspecified atom stereocenters. The third-order valence-corrected chi connectivity index (χ3v) is 3.30. The van der Waals surface area contributed by atoms with Gasteiger partial charge in [0.25, 0.3) is 5.91 Å². The van der Waals surface area contributed by atoms with Gasteiger partial charge in [0, 0.05) is 0 Å². The second-order valence-corrected chi connectivity index (χ2v) is 4.82. The van der Waals surface area contributed by atoms with Crippen molar-refractivity contribution in [3.05, 3.63) is 52.8 Å². The number of hydrogen-bond donors (Lipinski definition) is 1. The highest BCUT2D eigenvalue weighted by molar-refractivity contribution is 6.34. The number of nitrogens with one attached hydrogen (secondary N) is 1. The van der Waals surface area contributed by atoms with Crippen LogP contribution in [0, 0.1) is 5.82 Å². The molecule has 3 rings (SSSR count). The smallest absolute Gasteiger partial charge is 0.259 e. The van der Waals surface area contributed by atoms with Gasteiger partial charge in [-0.3, -0.25) is 4.79 Å². The second-order valence-electron chi connectivity index (χ2n) is 4.41. The van der Waals surface area contributed by atoms with Crippen molar-refractivity contribution in [1.82, 2.24) is 0 Å². The highest BCUT2D eigenvalue weighted by atomic mass is 35.5. The first-order chi connectivity index (χ1) is 10.1. The van der Waals surface area contributed by atoms with Gasteiger partial charge in [0.1, 0.15) is 19.0 Å². The standard InChI is InChI=1S/C15H11ClFNO3/c16-11-8-9(17)4-5-12(11)18-15(19)10-2-1-3-13-14(10)21-7-6-20-13/h1-5,8H,6-7H2,(H,18,19). The van der Waals surface area contributed by atoms with Crippen molar-refractivity contribution in [2.24, 2.45) is 0 Å². The van der Waals surface area contributed by atoms with E-state index in [4.69, 9.17) is 21.1 Å². The highest BCUT2D eigenvalue weighted by Gasteiger charge is 2.20. The van der Waals surface area contributed by atoms with Crippen molar-refractivity contribution in [3.63, 3.8) is 0 Å². The number of carbonyl (C=O) groups is 1. The van der Waals surface area contributed by atoms with Crippen LogP contribution in [0.3, 0.4) is 0 Å². The number of benzene rings is 2. The number of para-hydroxylation sites is 1. The number of halogens is 2. The van der Waals surface area contributed by atoms with Gasteiger partial charge in [-0.1, -0.05) is 17.7 Å². The molecule has 0 aromatic heterocycles. The maximum absolute atomic E-state index is 13.0. The number of hydrogen-bond acceptors (Lipinski definition) is 3. The lowest BCUT2D eigenvalue weighted by molar-refractivity contribution is 0.101. The van der Waals surface area contributed by atoms with E-state index in [-0.39, 0.29) is 5.02 Å². The first-order valence-electron chi connectivity index (χ1n) is 6.30. The molecule has 1 N–H and O–H groups in total. The molecule has 0 saturated heterocycles. The number of rotatable bonds is 2. The summed E-state index contributed by atoms with van der Waals surface area (Å²) in [5, 5.41) is 2.76. The lowest BCUT2D eigenvalue weighted by Gasteiger charge is -2.20. The summed E-state index contributed by atoms with van der Waals surface area (Å²) in [6, 6.07) is 8.83. The Labute approximate surface area is 125 Å². The van der Waals surface area contributed by atoms with Gasteiger partial charge in [-0.05, 0) is 30.3 Å². The molecule has 2 aromatic carbocycles. The van der Waals surface area contributed by atoms with Gasteiger partial charge in [0.15, 0.2) is 11.5 Å². The van der Waals surface area contributed by atoms with Crippen molar-refractivity contribution in [2.75, 3.05) is 18.5 Å². The SMILES string of the molecule is O=C(Nc1ccc(F)cc1Cl)c1cccc2c1OCCO2. The molecule has 0 aliphatic carbocycles. The van der Waals surface area contributed by atoms with Crippen LogP contribution in [0.15, 0.2) is 36.4 Å². The van der Waals surface area contributed by atoms with E-state index in [0.717, 1.165) is 6.07 Å². The fraction of sp³-hybridized carbons (Fsp3) is 0.133. The van der Waals surface area contributed by atoms with E-state index in [1.165, 1.54) is 12.1 Å². The lowest BCUT2D eigenvalue weighted by atomic mass is 10.1. The lowest BCUT2D eigenvalue weighted by Crippen LogP contribution is -2.20. The topological polar surface area (TPSA) is 47.6 Å². The summed E-state index contributed by atoms with van der Waals surface area (Å²) in [4.78, 5) is 12.3. The molecule has 4 nitrogen and oxygen atoms in total. The van der Waals surface area contributed by atoms with E-state index >= 15 is 0 Å². The molecule has 0 fully saturated rings. The van der Waals surface area contributed by atoms with Crippen LogP contribution in [-0.2, 0) is 0 Å². The van der Waals surface area contributed by atoms with Crippen molar-refractivity contribution in [1.29, 1.82) is 0 Å². The Morgan fingerprint density at radius 3 is 2.81 bits per heavy atom. The normalized spacial score (nSPS) is 12.9. The number of anilines is 1. The summed E-state index contributed by atoms with van der Waals surface area (Å²) in [6.45, 7) is 0.830. The quantitative estimate of drug-likeness (QED) is 0.923. The van der Waals surface area contributed by atoms with E-state index in [0.29, 0.717) is 36.0 Å². The minimum atomic E-state index is -0.466. The number of carbonyl (C=O) groups excluding carboxylic acids is 1. The van der Waals surface area contributed by atoms with Crippen LogP contribution in [0.25, 0.3) is 0 Å². The molecule has 1 heterocycles. The molecule has 1 aliphatic rings. The fourth-order valence-corrected chi connectivity index (χ4v) is 2.25. The molecule has 6 heteroatoms. The molecule has 1 amide bonds.